The number of hydrogen-bond donors (Lipinski definition) is 0. The summed E-state index contributed by atoms with van der Waals surface area (Å²) in [6, 6.07) is 6.50. The van der Waals surface area contributed by atoms with E-state index in [0.717, 1.165) is 24.5 Å². The van der Waals surface area contributed by atoms with Crippen LogP contribution < -0.4 is 4.74 Å². The Morgan fingerprint density at radius 2 is 1.75 bits per heavy atom. The van der Waals surface area contributed by atoms with Crippen LogP contribution in [0.25, 0.3) is 11.1 Å². The standard InChI is InChI=1S/C19H13F5O3S/c1-28(25,26)18-10-16(20)15(9-17(18)21)14-7-3-6-13(14)11-4-2-5-12(8-11)27-19(22,23)24/h2-6,8-10H,7H2,1H3. The van der Waals surface area contributed by atoms with Gasteiger partial charge in [0, 0.05) is 11.8 Å². The van der Waals surface area contributed by atoms with Crippen LogP contribution in [0.5, 0.6) is 5.75 Å². The number of hydrogen-bond acceptors (Lipinski definition) is 3. The first-order valence-corrected chi connectivity index (χ1v) is 9.80. The Morgan fingerprint density at radius 3 is 2.39 bits per heavy atom. The van der Waals surface area contributed by atoms with E-state index in [1.807, 2.05) is 0 Å². The summed E-state index contributed by atoms with van der Waals surface area (Å²) in [5.74, 6) is -2.50. The van der Waals surface area contributed by atoms with Gasteiger partial charge >= 0.3 is 6.36 Å². The van der Waals surface area contributed by atoms with Gasteiger partial charge in [0.25, 0.3) is 0 Å². The number of allylic oxidation sites excluding steroid dienone is 4. The van der Waals surface area contributed by atoms with Gasteiger partial charge in [-0.3, -0.25) is 0 Å². The van der Waals surface area contributed by atoms with Crippen molar-refractivity contribution in [3.8, 4) is 5.75 Å². The second-order valence-corrected chi connectivity index (χ2v) is 8.09. The van der Waals surface area contributed by atoms with E-state index in [0.29, 0.717) is 22.8 Å². The van der Waals surface area contributed by atoms with Gasteiger partial charge in [0.1, 0.15) is 22.3 Å². The van der Waals surface area contributed by atoms with Crippen LogP contribution in [0.4, 0.5) is 22.0 Å². The highest BCUT2D eigenvalue weighted by Crippen LogP contribution is 2.38. The minimum atomic E-state index is -4.86. The molecule has 148 valence electrons. The predicted molar refractivity (Wildman–Crippen MR) is 93.2 cm³/mol. The van der Waals surface area contributed by atoms with Crippen molar-refractivity contribution in [2.24, 2.45) is 0 Å². The molecule has 0 amide bonds. The summed E-state index contributed by atoms with van der Waals surface area (Å²) >= 11 is 0. The van der Waals surface area contributed by atoms with Gasteiger partial charge in [-0.2, -0.15) is 0 Å². The molecule has 0 aliphatic heterocycles. The van der Waals surface area contributed by atoms with Gasteiger partial charge in [0.15, 0.2) is 9.84 Å². The summed E-state index contributed by atoms with van der Waals surface area (Å²) < 4.78 is 93.0. The van der Waals surface area contributed by atoms with Crippen LogP contribution in [0, 0.1) is 11.6 Å². The van der Waals surface area contributed by atoms with Crippen molar-refractivity contribution in [3.05, 3.63) is 71.3 Å². The highest BCUT2D eigenvalue weighted by atomic mass is 32.2. The van der Waals surface area contributed by atoms with Crippen LogP contribution in [0.3, 0.4) is 0 Å². The molecule has 1 aliphatic rings. The average molecular weight is 416 g/mol. The first-order valence-electron chi connectivity index (χ1n) is 7.91. The van der Waals surface area contributed by atoms with Crippen molar-refractivity contribution in [2.75, 3.05) is 6.26 Å². The largest absolute Gasteiger partial charge is 0.573 e. The third-order valence-electron chi connectivity index (χ3n) is 4.06. The summed E-state index contributed by atoms with van der Waals surface area (Å²) in [5, 5.41) is 0. The van der Waals surface area contributed by atoms with Gasteiger partial charge in [-0.1, -0.05) is 24.3 Å². The Balaban J connectivity index is 2.09. The second kappa shape index (κ2) is 7.05. The molecule has 0 N–H and O–H groups in total. The van der Waals surface area contributed by atoms with Crippen LogP contribution in [0.2, 0.25) is 0 Å². The third-order valence-corrected chi connectivity index (χ3v) is 5.17. The van der Waals surface area contributed by atoms with Gasteiger partial charge in [0.05, 0.1) is 0 Å². The molecule has 0 radical (unpaired) electrons. The molecule has 28 heavy (non-hydrogen) atoms. The molecule has 0 spiro atoms. The Kier molecular flexibility index (Phi) is 5.05. The first kappa shape index (κ1) is 20.1. The molecule has 0 fully saturated rings. The number of halogens is 5. The van der Waals surface area contributed by atoms with Gasteiger partial charge < -0.3 is 4.74 Å². The third kappa shape index (κ3) is 4.24. The lowest BCUT2D eigenvalue weighted by molar-refractivity contribution is -0.274. The Labute approximate surface area is 157 Å². The van der Waals surface area contributed by atoms with Crippen LogP contribution in [-0.2, 0) is 9.84 Å². The lowest BCUT2D eigenvalue weighted by Gasteiger charge is -2.13. The molecule has 0 aromatic heterocycles. The number of benzene rings is 2. The summed E-state index contributed by atoms with van der Waals surface area (Å²) in [4.78, 5) is -0.762. The van der Waals surface area contributed by atoms with Gasteiger partial charge in [-0.25, -0.2) is 17.2 Å². The molecule has 1 aliphatic carbocycles. The van der Waals surface area contributed by atoms with E-state index in [4.69, 9.17) is 0 Å². The molecule has 0 saturated heterocycles. The maximum absolute atomic E-state index is 14.5. The molecule has 0 unspecified atom stereocenters. The van der Waals surface area contributed by atoms with Crippen LogP contribution >= 0.6 is 0 Å². The molecule has 3 nitrogen and oxygen atoms in total. The molecule has 0 heterocycles. The number of sulfone groups is 1. The fourth-order valence-corrected chi connectivity index (χ4v) is 3.67. The SMILES string of the molecule is CS(=O)(=O)c1cc(F)c(C2=C(c3cccc(OC(F)(F)F)c3)C=CC2)cc1F. The van der Waals surface area contributed by atoms with Gasteiger partial charge in [-0.05, 0) is 47.4 Å². The van der Waals surface area contributed by atoms with Crippen LogP contribution in [0.15, 0.2) is 53.4 Å². The summed E-state index contributed by atoms with van der Waals surface area (Å²) in [7, 11) is -3.95. The monoisotopic (exact) mass is 416 g/mol. The highest BCUT2D eigenvalue weighted by Gasteiger charge is 2.31. The molecule has 9 heteroatoms. The number of ether oxygens (including phenoxy) is 1. The highest BCUT2D eigenvalue weighted by molar-refractivity contribution is 7.90. The van der Waals surface area contributed by atoms with E-state index in [9.17, 15) is 30.4 Å². The zero-order valence-electron chi connectivity index (χ0n) is 14.3. The Morgan fingerprint density at radius 1 is 1.04 bits per heavy atom. The minimum absolute atomic E-state index is 0.160. The maximum atomic E-state index is 14.5. The van der Waals surface area contributed by atoms with Crippen molar-refractivity contribution in [1.29, 1.82) is 0 Å². The van der Waals surface area contributed by atoms with Crippen LogP contribution in [0.1, 0.15) is 17.5 Å². The molecular weight excluding hydrogens is 403 g/mol. The summed E-state index contributed by atoms with van der Waals surface area (Å²) in [6.07, 6.45) is -0.682. The fraction of sp³-hybridized carbons (Fsp3) is 0.158. The number of rotatable bonds is 4. The maximum Gasteiger partial charge on any atom is 0.573 e. The Bertz CT molecular complexity index is 1100. The van der Waals surface area contributed by atoms with Crippen molar-refractivity contribution >= 4 is 21.0 Å². The van der Waals surface area contributed by atoms with Crippen LogP contribution in [-0.4, -0.2) is 21.0 Å². The van der Waals surface area contributed by atoms with Gasteiger partial charge in [-0.15, -0.1) is 13.2 Å². The summed E-state index contributed by atoms with van der Waals surface area (Å²) in [6.45, 7) is 0. The normalized spacial score (nSPS) is 14.6. The van der Waals surface area contributed by atoms with Crippen molar-refractivity contribution in [1.82, 2.24) is 0 Å². The van der Waals surface area contributed by atoms with E-state index in [-0.39, 0.29) is 12.0 Å². The molecule has 0 atom stereocenters. The quantitative estimate of drug-likeness (QED) is 0.649. The van der Waals surface area contributed by atoms with E-state index in [1.165, 1.54) is 12.1 Å². The lowest BCUT2D eigenvalue weighted by atomic mass is 9.96. The molecule has 2 aromatic rings. The molecule has 0 saturated carbocycles. The topological polar surface area (TPSA) is 43.4 Å². The van der Waals surface area contributed by atoms with E-state index < -0.39 is 38.5 Å². The average Bonchev–Trinajstić information content (AvgIpc) is 3.03. The molecule has 3 rings (SSSR count). The zero-order chi connectivity index (χ0) is 20.7. The second-order valence-electron chi connectivity index (χ2n) is 6.11. The van der Waals surface area contributed by atoms with E-state index >= 15 is 0 Å². The first-order chi connectivity index (χ1) is 13.0. The van der Waals surface area contributed by atoms with E-state index in [1.54, 1.807) is 12.2 Å². The smallest absolute Gasteiger partial charge is 0.406 e. The zero-order valence-corrected chi connectivity index (χ0v) is 15.2. The summed E-state index contributed by atoms with van der Waals surface area (Å²) in [5.41, 5.74) is 0.864. The van der Waals surface area contributed by atoms with Gasteiger partial charge in [0.2, 0.25) is 0 Å². The number of alkyl halides is 3. The van der Waals surface area contributed by atoms with E-state index in [2.05, 4.69) is 4.74 Å². The molecule has 2 aromatic carbocycles. The van der Waals surface area contributed by atoms with Crippen molar-refractivity contribution in [2.45, 2.75) is 17.7 Å². The lowest BCUT2D eigenvalue weighted by Crippen LogP contribution is -2.17. The Hall–Kier alpha value is -2.68. The predicted octanol–water partition coefficient (Wildman–Crippen LogP) is 5.14. The molecular formula is C19H13F5O3S. The fourth-order valence-electron chi connectivity index (χ4n) is 2.94. The van der Waals surface area contributed by atoms with Crippen molar-refractivity contribution in [3.63, 3.8) is 0 Å². The minimum Gasteiger partial charge on any atom is -0.406 e. The van der Waals surface area contributed by atoms with Crippen molar-refractivity contribution < 1.29 is 35.1 Å². The molecule has 0 bridgehead atoms.